The average Bonchev–Trinajstić information content (AvgIpc) is 3.32. The molecule has 154 valence electrons. The second kappa shape index (κ2) is 13.4. The smallest absolute Gasteiger partial charge is 0.307 e. The Balaban J connectivity index is 2.55. The van der Waals surface area contributed by atoms with Crippen LogP contribution in [0.25, 0.3) is 0 Å². The number of ether oxygens (including phenoxy) is 3. The van der Waals surface area contributed by atoms with Crippen molar-refractivity contribution in [2.75, 3.05) is 53.3 Å². The van der Waals surface area contributed by atoms with E-state index < -0.39 is 5.97 Å². The molecule has 0 saturated heterocycles. The van der Waals surface area contributed by atoms with E-state index in [0.29, 0.717) is 51.9 Å². The Morgan fingerprint density at radius 3 is 2.58 bits per heavy atom. The number of unbranched alkanes of at least 4 members (excludes halogenated alkanes) is 1. The Hall–Kier alpha value is -0.730. The third-order valence-corrected chi connectivity index (χ3v) is 5.43. The lowest BCUT2D eigenvalue weighted by atomic mass is 9.79. The Labute approximate surface area is 157 Å². The van der Waals surface area contributed by atoms with Gasteiger partial charge >= 0.3 is 5.97 Å². The SMILES string of the molecule is COCCOCCCC1([C@@H](CCCCN)C(=O)O)CC1CCOCCO. The third kappa shape index (κ3) is 7.88. The standard InChI is InChI=1S/C19H37NO6/c1-24-13-14-25-10-4-7-19(15-16(19)6-11-26-12-9-21)17(18(22)23)5-2-3-8-20/h16-17,21H,2-15,20H2,1H3,(H,22,23)/t16?,17-,19?/m0/s1. The topological polar surface area (TPSA) is 111 Å². The van der Waals surface area contributed by atoms with Crippen LogP contribution in [0.3, 0.4) is 0 Å². The van der Waals surface area contributed by atoms with E-state index in [9.17, 15) is 9.90 Å². The van der Waals surface area contributed by atoms with Gasteiger partial charge in [-0.2, -0.15) is 0 Å². The van der Waals surface area contributed by atoms with Gasteiger partial charge < -0.3 is 30.2 Å². The molecule has 7 nitrogen and oxygen atoms in total. The second-order valence-electron chi connectivity index (χ2n) is 7.14. The monoisotopic (exact) mass is 375 g/mol. The van der Waals surface area contributed by atoms with Crippen LogP contribution in [-0.2, 0) is 19.0 Å². The molecule has 0 aromatic rings. The summed E-state index contributed by atoms with van der Waals surface area (Å²) < 4.78 is 15.9. The van der Waals surface area contributed by atoms with Crippen LogP contribution >= 0.6 is 0 Å². The van der Waals surface area contributed by atoms with Crippen LogP contribution in [0.15, 0.2) is 0 Å². The maximum Gasteiger partial charge on any atom is 0.307 e. The molecule has 0 amide bonds. The number of methoxy groups -OCH3 is 1. The van der Waals surface area contributed by atoms with Crippen LogP contribution in [0.5, 0.6) is 0 Å². The number of aliphatic hydroxyl groups excluding tert-OH is 1. The van der Waals surface area contributed by atoms with E-state index in [1.165, 1.54) is 0 Å². The van der Waals surface area contributed by atoms with Crippen LogP contribution < -0.4 is 5.73 Å². The van der Waals surface area contributed by atoms with Crippen LogP contribution in [0.4, 0.5) is 0 Å². The van der Waals surface area contributed by atoms with E-state index in [2.05, 4.69) is 0 Å². The Bertz CT molecular complexity index is 381. The molecule has 0 aromatic carbocycles. The molecule has 0 aromatic heterocycles. The fraction of sp³-hybridized carbons (Fsp3) is 0.947. The van der Waals surface area contributed by atoms with Gasteiger partial charge in [0.05, 0.1) is 32.3 Å². The predicted molar refractivity (Wildman–Crippen MR) is 99.0 cm³/mol. The zero-order chi connectivity index (χ0) is 19.3. The van der Waals surface area contributed by atoms with Crippen molar-refractivity contribution in [1.29, 1.82) is 0 Å². The molecular weight excluding hydrogens is 338 g/mol. The summed E-state index contributed by atoms with van der Waals surface area (Å²) >= 11 is 0. The van der Waals surface area contributed by atoms with Crippen LogP contribution in [0, 0.1) is 17.3 Å². The van der Waals surface area contributed by atoms with E-state index in [0.717, 1.165) is 38.5 Å². The number of carbonyl (C=O) groups is 1. The molecule has 0 bridgehead atoms. The van der Waals surface area contributed by atoms with Gasteiger partial charge in [0.2, 0.25) is 0 Å². The van der Waals surface area contributed by atoms with E-state index >= 15 is 0 Å². The molecule has 1 rings (SSSR count). The van der Waals surface area contributed by atoms with Gasteiger partial charge in [0, 0.05) is 20.3 Å². The minimum Gasteiger partial charge on any atom is -0.481 e. The lowest BCUT2D eigenvalue weighted by Gasteiger charge is -2.26. The van der Waals surface area contributed by atoms with Crippen molar-refractivity contribution in [3.63, 3.8) is 0 Å². The molecule has 3 atom stereocenters. The van der Waals surface area contributed by atoms with Gasteiger partial charge in [-0.25, -0.2) is 0 Å². The molecule has 7 heteroatoms. The minimum atomic E-state index is -0.693. The highest BCUT2D eigenvalue weighted by Gasteiger charge is 2.59. The Morgan fingerprint density at radius 2 is 1.92 bits per heavy atom. The maximum atomic E-state index is 11.9. The summed E-state index contributed by atoms with van der Waals surface area (Å²) in [5, 5.41) is 18.6. The predicted octanol–water partition coefficient (Wildman–Crippen LogP) is 1.66. The lowest BCUT2D eigenvalue weighted by molar-refractivity contribution is -0.145. The van der Waals surface area contributed by atoms with Crippen molar-refractivity contribution in [2.45, 2.75) is 44.9 Å². The molecule has 2 unspecified atom stereocenters. The highest BCUT2D eigenvalue weighted by atomic mass is 16.5. The number of aliphatic carboxylic acids is 1. The number of aliphatic hydroxyl groups is 1. The van der Waals surface area contributed by atoms with Crippen molar-refractivity contribution >= 4 is 5.97 Å². The molecular formula is C19H37NO6. The Kier molecular flexibility index (Phi) is 12.0. The number of hydrogen-bond donors (Lipinski definition) is 3. The first kappa shape index (κ1) is 23.3. The fourth-order valence-electron chi connectivity index (χ4n) is 3.99. The van der Waals surface area contributed by atoms with Crippen molar-refractivity contribution in [3.05, 3.63) is 0 Å². The highest BCUT2D eigenvalue weighted by Crippen LogP contribution is 2.63. The first-order chi connectivity index (χ1) is 12.6. The summed E-state index contributed by atoms with van der Waals surface area (Å²) in [6.07, 6.45) is 5.92. The molecule has 0 spiro atoms. The number of rotatable bonds is 18. The summed E-state index contributed by atoms with van der Waals surface area (Å²) in [6.45, 7) is 3.32. The zero-order valence-corrected chi connectivity index (χ0v) is 16.2. The third-order valence-electron chi connectivity index (χ3n) is 5.43. The molecule has 1 saturated carbocycles. The van der Waals surface area contributed by atoms with Crippen molar-refractivity contribution in [3.8, 4) is 0 Å². The van der Waals surface area contributed by atoms with Gasteiger partial charge in [-0.3, -0.25) is 4.79 Å². The second-order valence-corrected chi connectivity index (χ2v) is 7.14. The van der Waals surface area contributed by atoms with E-state index in [-0.39, 0.29) is 17.9 Å². The van der Waals surface area contributed by atoms with E-state index in [4.69, 9.17) is 25.1 Å². The first-order valence-corrected chi connectivity index (χ1v) is 9.80. The number of hydrogen-bond acceptors (Lipinski definition) is 6. The summed E-state index contributed by atoms with van der Waals surface area (Å²) in [6, 6.07) is 0. The quantitative estimate of drug-likeness (QED) is 0.312. The highest BCUT2D eigenvalue weighted by molar-refractivity contribution is 5.71. The summed E-state index contributed by atoms with van der Waals surface area (Å²) in [7, 11) is 1.64. The average molecular weight is 376 g/mol. The number of carboxylic acid groups (broad SMARTS) is 1. The molecule has 1 aliphatic rings. The zero-order valence-electron chi connectivity index (χ0n) is 16.2. The van der Waals surface area contributed by atoms with Crippen LogP contribution in [0.2, 0.25) is 0 Å². The maximum absolute atomic E-state index is 11.9. The molecule has 1 aliphatic carbocycles. The van der Waals surface area contributed by atoms with Gasteiger partial charge in [-0.15, -0.1) is 0 Å². The van der Waals surface area contributed by atoms with Crippen molar-refractivity contribution < 1.29 is 29.2 Å². The summed E-state index contributed by atoms with van der Waals surface area (Å²) in [5.74, 6) is -0.642. The van der Waals surface area contributed by atoms with Crippen LogP contribution in [-0.4, -0.2) is 69.5 Å². The molecule has 0 heterocycles. The molecule has 1 fully saturated rings. The van der Waals surface area contributed by atoms with Gasteiger partial charge in [0.25, 0.3) is 0 Å². The van der Waals surface area contributed by atoms with Crippen molar-refractivity contribution in [2.24, 2.45) is 23.0 Å². The van der Waals surface area contributed by atoms with E-state index in [1.54, 1.807) is 7.11 Å². The fourth-order valence-corrected chi connectivity index (χ4v) is 3.99. The van der Waals surface area contributed by atoms with Gasteiger partial charge in [-0.05, 0) is 56.4 Å². The first-order valence-electron chi connectivity index (χ1n) is 9.80. The lowest BCUT2D eigenvalue weighted by Crippen LogP contribution is -2.28. The van der Waals surface area contributed by atoms with E-state index in [1.807, 2.05) is 0 Å². The Morgan fingerprint density at radius 1 is 1.15 bits per heavy atom. The molecule has 26 heavy (non-hydrogen) atoms. The van der Waals surface area contributed by atoms with Crippen LogP contribution in [0.1, 0.15) is 44.9 Å². The summed E-state index contributed by atoms with van der Waals surface area (Å²) in [4.78, 5) is 11.9. The summed E-state index contributed by atoms with van der Waals surface area (Å²) in [5.41, 5.74) is 5.42. The normalized spacial score (nSPS) is 23.1. The van der Waals surface area contributed by atoms with Crippen molar-refractivity contribution in [1.82, 2.24) is 0 Å². The van der Waals surface area contributed by atoms with Gasteiger partial charge in [0.1, 0.15) is 0 Å². The minimum absolute atomic E-state index is 0.0193. The van der Waals surface area contributed by atoms with Gasteiger partial charge in [-0.1, -0.05) is 6.42 Å². The molecule has 0 radical (unpaired) electrons. The molecule has 4 N–H and O–H groups in total. The number of nitrogens with two attached hydrogens (primary N) is 1. The number of carboxylic acids is 1. The van der Waals surface area contributed by atoms with Gasteiger partial charge in [0.15, 0.2) is 0 Å². The largest absolute Gasteiger partial charge is 0.481 e. The molecule has 0 aliphatic heterocycles.